The van der Waals surface area contributed by atoms with E-state index in [-0.39, 0.29) is 11.5 Å². The lowest BCUT2D eigenvalue weighted by molar-refractivity contribution is -0.123. The predicted molar refractivity (Wildman–Crippen MR) is 75.2 cm³/mol. The van der Waals surface area contributed by atoms with Crippen molar-refractivity contribution in [2.24, 2.45) is 5.92 Å². The van der Waals surface area contributed by atoms with Gasteiger partial charge in [-0.25, -0.2) is 8.78 Å². The van der Waals surface area contributed by atoms with Crippen molar-refractivity contribution in [3.05, 3.63) is 35.4 Å². The highest BCUT2D eigenvalue weighted by molar-refractivity contribution is 5.81. The summed E-state index contributed by atoms with van der Waals surface area (Å²) in [5, 5.41) is 5.57. The normalized spacial score (nSPS) is 14.2. The van der Waals surface area contributed by atoms with Gasteiger partial charge in [-0.1, -0.05) is 19.9 Å². The van der Waals surface area contributed by atoms with Crippen LogP contribution in [0.2, 0.25) is 0 Å². The highest BCUT2D eigenvalue weighted by atomic mass is 19.1. The fraction of sp³-hybridized carbons (Fsp3) is 0.533. The number of hydrogen-bond donors (Lipinski definition) is 2. The number of carbonyl (C=O) groups excluding carboxylic acids is 1. The van der Waals surface area contributed by atoms with Crippen LogP contribution in [0.5, 0.6) is 0 Å². The zero-order valence-electron chi connectivity index (χ0n) is 12.3. The standard InChI is InChI=1S/C15H22F2N2O/c1-9(2)8-13(15(20)18-4)19-10(3)14-11(16)6-5-7-12(14)17/h5-7,9-10,13,19H,8H2,1-4H3,(H,18,20). The van der Waals surface area contributed by atoms with Crippen molar-refractivity contribution in [2.75, 3.05) is 7.05 Å². The molecule has 5 heteroatoms. The van der Waals surface area contributed by atoms with Crippen LogP contribution in [0, 0.1) is 17.6 Å². The van der Waals surface area contributed by atoms with Crippen LogP contribution in [0.3, 0.4) is 0 Å². The van der Waals surface area contributed by atoms with Gasteiger partial charge in [0.1, 0.15) is 11.6 Å². The fourth-order valence-corrected chi connectivity index (χ4v) is 2.21. The number of halogens is 2. The second-order valence-corrected chi connectivity index (χ2v) is 5.32. The van der Waals surface area contributed by atoms with Gasteiger partial charge in [0.25, 0.3) is 0 Å². The molecule has 0 fully saturated rings. The number of amides is 1. The molecule has 2 N–H and O–H groups in total. The number of rotatable bonds is 6. The van der Waals surface area contributed by atoms with E-state index in [9.17, 15) is 13.6 Å². The highest BCUT2D eigenvalue weighted by Gasteiger charge is 2.24. The molecule has 0 saturated heterocycles. The second kappa shape index (κ2) is 7.33. The Morgan fingerprint density at radius 2 is 1.75 bits per heavy atom. The van der Waals surface area contributed by atoms with Crippen LogP contribution in [0.1, 0.15) is 38.8 Å². The Morgan fingerprint density at radius 1 is 1.20 bits per heavy atom. The minimum atomic E-state index is -0.606. The van der Waals surface area contributed by atoms with E-state index >= 15 is 0 Å². The molecule has 0 heterocycles. The van der Waals surface area contributed by atoms with Gasteiger partial charge in [-0.3, -0.25) is 10.1 Å². The molecule has 112 valence electrons. The molecule has 1 aromatic rings. The van der Waals surface area contributed by atoms with Crippen LogP contribution in [-0.2, 0) is 4.79 Å². The zero-order valence-corrected chi connectivity index (χ0v) is 12.3. The summed E-state index contributed by atoms with van der Waals surface area (Å²) in [5.41, 5.74) is -0.0369. The van der Waals surface area contributed by atoms with E-state index in [1.165, 1.54) is 18.2 Å². The van der Waals surface area contributed by atoms with Crippen LogP contribution in [-0.4, -0.2) is 19.0 Å². The summed E-state index contributed by atoms with van der Waals surface area (Å²) >= 11 is 0. The molecule has 1 aromatic carbocycles. The summed E-state index contributed by atoms with van der Waals surface area (Å²) in [6.45, 7) is 5.63. The number of benzene rings is 1. The molecule has 2 unspecified atom stereocenters. The maximum atomic E-state index is 13.7. The second-order valence-electron chi connectivity index (χ2n) is 5.32. The third-order valence-corrected chi connectivity index (χ3v) is 3.15. The average Bonchev–Trinajstić information content (AvgIpc) is 2.36. The zero-order chi connectivity index (χ0) is 15.3. The summed E-state index contributed by atoms with van der Waals surface area (Å²) in [6, 6.07) is 2.69. The largest absolute Gasteiger partial charge is 0.358 e. The van der Waals surface area contributed by atoms with Gasteiger partial charge < -0.3 is 5.32 Å². The minimum Gasteiger partial charge on any atom is -0.358 e. The lowest BCUT2D eigenvalue weighted by Crippen LogP contribution is -2.45. The molecule has 0 bridgehead atoms. The first kappa shape index (κ1) is 16.6. The lowest BCUT2D eigenvalue weighted by Gasteiger charge is -2.24. The first-order chi connectivity index (χ1) is 9.36. The van der Waals surface area contributed by atoms with Gasteiger partial charge in [-0.2, -0.15) is 0 Å². The molecule has 1 rings (SSSR count). The van der Waals surface area contributed by atoms with Crippen molar-refractivity contribution < 1.29 is 13.6 Å². The monoisotopic (exact) mass is 284 g/mol. The Bertz CT molecular complexity index is 443. The number of carbonyl (C=O) groups is 1. The van der Waals surface area contributed by atoms with Gasteiger partial charge >= 0.3 is 0 Å². The summed E-state index contributed by atoms with van der Waals surface area (Å²) in [5.74, 6) is -1.10. The van der Waals surface area contributed by atoms with Gasteiger partial charge in [-0.15, -0.1) is 0 Å². The summed E-state index contributed by atoms with van der Waals surface area (Å²) in [6.07, 6.45) is 0.597. The number of likely N-dealkylation sites (N-methyl/N-ethyl adjacent to an activating group) is 1. The van der Waals surface area contributed by atoms with Crippen LogP contribution in [0.25, 0.3) is 0 Å². The smallest absolute Gasteiger partial charge is 0.236 e. The Hall–Kier alpha value is -1.49. The molecule has 2 atom stereocenters. The van der Waals surface area contributed by atoms with E-state index in [4.69, 9.17) is 0 Å². The van der Waals surface area contributed by atoms with E-state index in [1.54, 1.807) is 14.0 Å². The van der Waals surface area contributed by atoms with Crippen LogP contribution >= 0.6 is 0 Å². The van der Waals surface area contributed by atoms with Crippen LogP contribution < -0.4 is 10.6 Å². The Labute approximate surface area is 118 Å². The molecule has 20 heavy (non-hydrogen) atoms. The molecule has 3 nitrogen and oxygen atoms in total. The summed E-state index contributed by atoms with van der Waals surface area (Å²) < 4.78 is 27.4. The van der Waals surface area contributed by atoms with E-state index in [0.29, 0.717) is 12.3 Å². The van der Waals surface area contributed by atoms with Crippen molar-refractivity contribution in [2.45, 2.75) is 39.3 Å². The van der Waals surface area contributed by atoms with Crippen molar-refractivity contribution in [3.8, 4) is 0 Å². The summed E-state index contributed by atoms with van der Waals surface area (Å²) in [7, 11) is 1.55. The van der Waals surface area contributed by atoms with Gasteiger partial charge in [0.2, 0.25) is 5.91 Å². The van der Waals surface area contributed by atoms with Crippen molar-refractivity contribution >= 4 is 5.91 Å². The molecule has 0 aliphatic carbocycles. The van der Waals surface area contributed by atoms with Crippen molar-refractivity contribution in [1.29, 1.82) is 0 Å². The molecular formula is C15H22F2N2O. The Balaban J connectivity index is 2.90. The molecule has 0 aliphatic rings. The number of hydrogen-bond acceptors (Lipinski definition) is 2. The molecule has 0 aromatic heterocycles. The van der Waals surface area contributed by atoms with Crippen LogP contribution in [0.4, 0.5) is 8.78 Å². The van der Waals surface area contributed by atoms with E-state index in [0.717, 1.165) is 0 Å². The van der Waals surface area contributed by atoms with Crippen LogP contribution in [0.15, 0.2) is 18.2 Å². The first-order valence-electron chi connectivity index (χ1n) is 6.78. The Kier molecular flexibility index (Phi) is 6.07. The molecule has 0 aliphatic heterocycles. The first-order valence-corrected chi connectivity index (χ1v) is 6.78. The molecule has 1 amide bonds. The number of nitrogens with one attached hydrogen (secondary N) is 2. The molecule has 0 spiro atoms. The summed E-state index contributed by atoms with van der Waals surface area (Å²) in [4.78, 5) is 11.8. The van der Waals surface area contributed by atoms with E-state index < -0.39 is 23.7 Å². The maximum absolute atomic E-state index is 13.7. The maximum Gasteiger partial charge on any atom is 0.236 e. The third-order valence-electron chi connectivity index (χ3n) is 3.15. The van der Waals surface area contributed by atoms with Crippen molar-refractivity contribution in [1.82, 2.24) is 10.6 Å². The topological polar surface area (TPSA) is 41.1 Å². The van der Waals surface area contributed by atoms with Gasteiger partial charge in [0, 0.05) is 18.7 Å². The molecule has 0 radical (unpaired) electrons. The molecular weight excluding hydrogens is 262 g/mol. The Morgan fingerprint density at radius 3 is 2.20 bits per heavy atom. The van der Waals surface area contributed by atoms with E-state index in [1.807, 2.05) is 13.8 Å². The fourth-order valence-electron chi connectivity index (χ4n) is 2.21. The quantitative estimate of drug-likeness (QED) is 0.843. The molecule has 0 saturated carbocycles. The highest BCUT2D eigenvalue weighted by Crippen LogP contribution is 2.21. The van der Waals surface area contributed by atoms with Gasteiger partial charge in [0.15, 0.2) is 0 Å². The van der Waals surface area contributed by atoms with Gasteiger partial charge in [0.05, 0.1) is 6.04 Å². The average molecular weight is 284 g/mol. The lowest BCUT2D eigenvalue weighted by atomic mass is 10.00. The van der Waals surface area contributed by atoms with E-state index in [2.05, 4.69) is 10.6 Å². The van der Waals surface area contributed by atoms with Crippen molar-refractivity contribution in [3.63, 3.8) is 0 Å². The van der Waals surface area contributed by atoms with Gasteiger partial charge in [-0.05, 0) is 31.4 Å². The minimum absolute atomic E-state index is 0.0369. The third kappa shape index (κ3) is 4.27. The predicted octanol–water partition coefficient (Wildman–Crippen LogP) is 2.78. The SMILES string of the molecule is CNC(=O)C(CC(C)C)NC(C)c1c(F)cccc1F.